The summed E-state index contributed by atoms with van der Waals surface area (Å²) in [5, 5.41) is 8.32. The van der Waals surface area contributed by atoms with Gasteiger partial charge in [-0.3, -0.25) is 9.78 Å². The number of hydrogen-bond donors (Lipinski definition) is 1. The highest BCUT2D eigenvalue weighted by Gasteiger charge is 2.13. The Morgan fingerprint density at radius 2 is 2.21 bits per heavy atom. The molecule has 0 aromatic carbocycles. The molecule has 0 amide bonds. The summed E-state index contributed by atoms with van der Waals surface area (Å²) in [6.07, 6.45) is -2.66. The van der Waals surface area contributed by atoms with Crippen LogP contribution in [0, 0.1) is 5.82 Å². The van der Waals surface area contributed by atoms with Crippen molar-refractivity contribution in [3.63, 3.8) is 0 Å². The van der Waals surface area contributed by atoms with Gasteiger partial charge in [-0.1, -0.05) is 0 Å². The fraction of sp³-hybridized carbons (Fsp3) is 0.250. The third-order valence-electron chi connectivity index (χ3n) is 1.51. The summed E-state index contributed by atoms with van der Waals surface area (Å²) in [6.45, 7) is 0. The van der Waals surface area contributed by atoms with Gasteiger partial charge < -0.3 is 5.11 Å². The Balaban J connectivity index is 2.95. The number of alkyl halides is 2. The minimum absolute atomic E-state index is 0.345. The van der Waals surface area contributed by atoms with Crippen LogP contribution in [0.1, 0.15) is 17.7 Å². The van der Waals surface area contributed by atoms with Crippen LogP contribution in [0.5, 0.6) is 0 Å². The van der Waals surface area contributed by atoms with Crippen molar-refractivity contribution in [2.45, 2.75) is 12.8 Å². The number of carboxylic acid groups (broad SMARTS) is 1. The largest absolute Gasteiger partial charge is 0.481 e. The molecule has 0 aliphatic heterocycles. The molecule has 3 nitrogen and oxygen atoms in total. The van der Waals surface area contributed by atoms with E-state index in [2.05, 4.69) is 4.98 Å². The zero-order valence-corrected chi connectivity index (χ0v) is 6.88. The normalized spacial score (nSPS) is 10.6. The second-order valence-electron chi connectivity index (χ2n) is 2.57. The first-order valence-corrected chi connectivity index (χ1v) is 3.65. The lowest BCUT2D eigenvalue weighted by Crippen LogP contribution is -2.05. The molecular weight excluding hydrogens is 199 g/mol. The average Bonchev–Trinajstić information content (AvgIpc) is 2.07. The Hall–Kier alpha value is -1.59. The van der Waals surface area contributed by atoms with Crippen molar-refractivity contribution in [3.8, 4) is 0 Å². The lowest BCUT2D eigenvalue weighted by atomic mass is 10.2. The van der Waals surface area contributed by atoms with Gasteiger partial charge in [-0.25, -0.2) is 13.2 Å². The monoisotopic (exact) mass is 205 g/mol. The van der Waals surface area contributed by atoms with Gasteiger partial charge in [0, 0.05) is 11.8 Å². The van der Waals surface area contributed by atoms with Crippen LogP contribution in [0.3, 0.4) is 0 Å². The van der Waals surface area contributed by atoms with Gasteiger partial charge >= 0.3 is 5.97 Å². The summed E-state index contributed by atoms with van der Waals surface area (Å²) >= 11 is 0. The van der Waals surface area contributed by atoms with Gasteiger partial charge in [-0.2, -0.15) is 0 Å². The molecule has 1 aromatic rings. The number of rotatable bonds is 3. The van der Waals surface area contributed by atoms with E-state index in [9.17, 15) is 18.0 Å². The minimum atomic E-state index is -2.81. The van der Waals surface area contributed by atoms with Crippen molar-refractivity contribution in [1.29, 1.82) is 0 Å². The molecular formula is C8H6F3NO2. The molecule has 0 spiro atoms. The van der Waals surface area contributed by atoms with E-state index in [0.29, 0.717) is 6.07 Å². The summed E-state index contributed by atoms with van der Waals surface area (Å²) in [5.41, 5.74) is -0.904. The quantitative estimate of drug-likeness (QED) is 0.818. The average molecular weight is 205 g/mol. The molecule has 1 heterocycles. The number of aromatic nitrogens is 1. The molecule has 1 N–H and O–H groups in total. The fourth-order valence-electron chi connectivity index (χ4n) is 0.874. The number of pyridine rings is 1. The molecule has 0 saturated heterocycles. The maximum atomic E-state index is 12.9. The summed E-state index contributed by atoms with van der Waals surface area (Å²) in [6, 6.07) is 0.593. The first-order chi connectivity index (χ1) is 6.50. The SMILES string of the molecule is O=C(O)Cc1ncc(C(F)F)cc1F. The molecule has 1 rings (SSSR count). The molecule has 0 atom stereocenters. The molecule has 0 aliphatic carbocycles. The van der Waals surface area contributed by atoms with Crippen LogP contribution in [0.25, 0.3) is 0 Å². The molecule has 76 valence electrons. The zero-order chi connectivity index (χ0) is 10.7. The first kappa shape index (κ1) is 10.5. The third-order valence-corrected chi connectivity index (χ3v) is 1.51. The Morgan fingerprint density at radius 3 is 2.64 bits per heavy atom. The van der Waals surface area contributed by atoms with Gasteiger partial charge in [0.2, 0.25) is 0 Å². The van der Waals surface area contributed by atoms with Crippen LogP contribution < -0.4 is 0 Å². The molecule has 0 unspecified atom stereocenters. The van der Waals surface area contributed by atoms with Gasteiger partial charge in [-0.15, -0.1) is 0 Å². The van der Waals surface area contributed by atoms with Crippen LogP contribution in [0.4, 0.5) is 13.2 Å². The first-order valence-electron chi connectivity index (χ1n) is 3.65. The van der Waals surface area contributed by atoms with Crippen molar-refractivity contribution in [3.05, 3.63) is 29.3 Å². The lowest BCUT2D eigenvalue weighted by molar-refractivity contribution is -0.136. The molecule has 0 fully saturated rings. The predicted molar refractivity (Wildman–Crippen MR) is 40.5 cm³/mol. The number of nitrogens with zero attached hydrogens (tertiary/aromatic N) is 1. The molecule has 1 aromatic heterocycles. The summed E-state index contributed by atoms with van der Waals surface area (Å²) in [7, 11) is 0. The maximum absolute atomic E-state index is 12.9. The van der Waals surface area contributed by atoms with Crippen LogP contribution in [-0.4, -0.2) is 16.1 Å². The number of hydrogen-bond acceptors (Lipinski definition) is 2. The Morgan fingerprint density at radius 1 is 1.57 bits per heavy atom. The van der Waals surface area contributed by atoms with Crippen molar-refractivity contribution < 1.29 is 23.1 Å². The van der Waals surface area contributed by atoms with Gasteiger partial charge in [-0.05, 0) is 6.07 Å². The maximum Gasteiger partial charge on any atom is 0.309 e. The fourth-order valence-corrected chi connectivity index (χ4v) is 0.874. The zero-order valence-electron chi connectivity index (χ0n) is 6.88. The smallest absolute Gasteiger partial charge is 0.309 e. The van der Waals surface area contributed by atoms with Gasteiger partial charge in [0.25, 0.3) is 6.43 Å². The molecule has 0 saturated carbocycles. The van der Waals surface area contributed by atoms with E-state index in [1.807, 2.05) is 0 Å². The van der Waals surface area contributed by atoms with Crippen molar-refractivity contribution in [1.82, 2.24) is 4.98 Å². The standard InChI is InChI=1S/C8H6F3NO2/c9-5-1-4(8(10)11)3-12-6(5)2-7(13)14/h1,3,8H,2H2,(H,13,14). The van der Waals surface area contributed by atoms with E-state index in [-0.39, 0.29) is 5.69 Å². The van der Waals surface area contributed by atoms with E-state index >= 15 is 0 Å². The molecule has 0 bridgehead atoms. The Bertz CT molecular complexity index is 354. The van der Waals surface area contributed by atoms with Crippen LogP contribution in [0.15, 0.2) is 12.3 Å². The van der Waals surface area contributed by atoms with Crippen molar-refractivity contribution >= 4 is 5.97 Å². The molecule has 14 heavy (non-hydrogen) atoms. The van der Waals surface area contributed by atoms with E-state index in [1.54, 1.807) is 0 Å². The second-order valence-corrected chi connectivity index (χ2v) is 2.57. The minimum Gasteiger partial charge on any atom is -0.481 e. The van der Waals surface area contributed by atoms with Crippen molar-refractivity contribution in [2.24, 2.45) is 0 Å². The van der Waals surface area contributed by atoms with E-state index in [0.717, 1.165) is 6.20 Å². The van der Waals surface area contributed by atoms with Crippen LogP contribution >= 0.6 is 0 Å². The number of carboxylic acids is 1. The van der Waals surface area contributed by atoms with E-state index < -0.39 is 30.2 Å². The third kappa shape index (κ3) is 2.45. The summed E-state index contributed by atoms with van der Waals surface area (Å²) in [5.74, 6) is -2.29. The second kappa shape index (κ2) is 4.08. The Kier molecular flexibility index (Phi) is 3.06. The lowest BCUT2D eigenvalue weighted by Gasteiger charge is -2.02. The number of aliphatic carboxylic acids is 1. The highest BCUT2D eigenvalue weighted by molar-refractivity contribution is 5.69. The number of carbonyl (C=O) groups is 1. The van der Waals surface area contributed by atoms with Crippen LogP contribution in [-0.2, 0) is 11.2 Å². The van der Waals surface area contributed by atoms with Crippen molar-refractivity contribution in [2.75, 3.05) is 0 Å². The molecule has 0 radical (unpaired) electrons. The van der Waals surface area contributed by atoms with Crippen LogP contribution in [0.2, 0.25) is 0 Å². The highest BCUT2D eigenvalue weighted by Crippen LogP contribution is 2.19. The summed E-state index contributed by atoms with van der Waals surface area (Å²) in [4.78, 5) is 13.5. The molecule has 0 aliphatic rings. The topological polar surface area (TPSA) is 50.2 Å². The molecule has 6 heteroatoms. The van der Waals surface area contributed by atoms with E-state index in [4.69, 9.17) is 5.11 Å². The van der Waals surface area contributed by atoms with E-state index in [1.165, 1.54) is 0 Å². The van der Waals surface area contributed by atoms with Gasteiger partial charge in [0.05, 0.1) is 12.1 Å². The van der Waals surface area contributed by atoms with Gasteiger partial charge in [0.15, 0.2) is 0 Å². The number of halogens is 3. The summed E-state index contributed by atoms with van der Waals surface area (Å²) < 4.78 is 36.9. The predicted octanol–water partition coefficient (Wildman–Crippen LogP) is 1.79. The van der Waals surface area contributed by atoms with Gasteiger partial charge in [0.1, 0.15) is 5.82 Å². The highest BCUT2D eigenvalue weighted by atomic mass is 19.3. The Labute approximate surface area is 77.2 Å².